The number of rotatable bonds is 6. The number of para-hydroxylation sites is 1. The van der Waals surface area contributed by atoms with E-state index in [4.69, 9.17) is 16.3 Å². The number of thiazole rings is 1. The molecule has 1 fully saturated rings. The van der Waals surface area contributed by atoms with Gasteiger partial charge in [0.25, 0.3) is 5.91 Å². The highest BCUT2D eigenvalue weighted by Gasteiger charge is 2.56. The van der Waals surface area contributed by atoms with Gasteiger partial charge in [0.15, 0.2) is 6.61 Å². The number of aromatic amines is 1. The number of carbonyl (C=O) groups excluding carboxylic acids is 3. The third-order valence-electron chi connectivity index (χ3n) is 6.63. The van der Waals surface area contributed by atoms with Crippen molar-refractivity contribution in [1.82, 2.24) is 4.98 Å². The number of amides is 3. The van der Waals surface area contributed by atoms with Gasteiger partial charge in [-0.05, 0) is 54.6 Å². The van der Waals surface area contributed by atoms with Crippen molar-refractivity contribution in [2.24, 2.45) is 5.92 Å². The molecule has 3 amide bonds. The van der Waals surface area contributed by atoms with Crippen molar-refractivity contribution in [3.05, 3.63) is 102 Å². The molecular weight excluding hydrogens is 638 g/mol. The fourth-order valence-corrected chi connectivity index (χ4v) is 7.96. The zero-order valence-corrected chi connectivity index (χ0v) is 24.4. The largest absolute Gasteiger partial charge is 0.483 e. The molecule has 40 heavy (non-hydrogen) atoms. The van der Waals surface area contributed by atoms with Gasteiger partial charge in [0.2, 0.25) is 11.8 Å². The number of halogens is 2. The monoisotopic (exact) mass is 655 g/mol. The molecule has 2 aliphatic rings. The van der Waals surface area contributed by atoms with Crippen molar-refractivity contribution in [2.45, 2.75) is 16.2 Å². The maximum absolute atomic E-state index is 13.9. The summed E-state index contributed by atoms with van der Waals surface area (Å²) in [4.78, 5) is 57.1. The normalized spacial score (nSPS) is 19.8. The number of carbonyl (C=O) groups is 3. The first kappa shape index (κ1) is 26.8. The number of fused-ring (bicyclic) bond motifs is 2. The summed E-state index contributed by atoms with van der Waals surface area (Å²) in [6.07, 6.45) is 0. The van der Waals surface area contributed by atoms with Crippen molar-refractivity contribution in [2.75, 3.05) is 16.8 Å². The molecule has 8 nitrogen and oxygen atoms in total. The SMILES string of the molecule is O=C(COc1ccc(Br)cc1[C@H]1c2sc(=O)[nH]c2SC2C(=O)N(c3ccccc3)C(=O)C21)Nc1ccc(Cl)cc1. The first-order valence-electron chi connectivity index (χ1n) is 12.1. The molecule has 3 heterocycles. The van der Waals surface area contributed by atoms with Crippen molar-refractivity contribution in [1.29, 1.82) is 0 Å². The quantitative estimate of drug-likeness (QED) is 0.259. The van der Waals surface area contributed by atoms with E-state index in [1.807, 2.05) is 6.07 Å². The molecule has 3 aromatic carbocycles. The van der Waals surface area contributed by atoms with Gasteiger partial charge in [-0.3, -0.25) is 19.2 Å². The predicted molar refractivity (Wildman–Crippen MR) is 159 cm³/mol. The number of thioether (sulfide) groups is 1. The first-order valence-corrected chi connectivity index (χ1v) is 15.0. The average molecular weight is 657 g/mol. The second-order valence-corrected chi connectivity index (χ2v) is 12.6. The van der Waals surface area contributed by atoms with E-state index in [0.717, 1.165) is 15.8 Å². The molecule has 0 aliphatic carbocycles. The molecule has 6 rings (SSSR count). The Hall–Kier alpha value is -3.38. The molecule has 202 valence electrons. The first-order chi connectivity index (χ1) is 19.3. The molecule has 2 N–H and O–H groups in total. The molecule has 1 aromatic heterocycles. The van der Waals surface area contributed by atoms with E-state index in [2.05, 4.69) is 26.2 Å². The van der Waals surface area contributed by atoms with Gasteiger partial charge in [0.1, 0.15) is 11.0 Å². The van der Waals surface area contributed by atoms with Crippen LogP contribution in [0, 0.1) is 5.92 Å². The Kier molecular flexibility index (Phi) is 7.30. The second-order valence-electron chi connectivity index (χ2n) is 9.12. The molecule has 0 saturated carbocycles. The lowest BCUT2D eigenvalue weighted by Crippen LogP contribution is -2.32. The smallest absolute Gasteiger partial charge is 0.305 e. The standard InChI is InChI=1S/C28H19BrClN3O5S2/c29-14-6-11-19(38-13-20(34)31-16-9-7-15(30)8-10-16)18(12-14)21-22-24(39-25-23(21)40-28(37)32-25)27(36)33(26(22)35)17-4-2-1-3-5-17/h1-12,21-22,24H,13H2,(H,31,34)(H,32,37)/t21-,22?,24?/m1/s1. The molecule has 0 radical (unpaired) electrons. The Morgan fingerprint density at radius 1 is 1.02 bits per heavy atom. The van der Waals surface area contributed by atoms with Crippen LogP contribution in [0.25, 0.3) is 0 Å². The van der Waals surface area contributed by atoms with Crippen LogP contribution in [0.2, 0.25) is 5.02 Å². The molecule has 0 bridgehead atoms. The fourth-order valence-electron chi connectivity index (χ4n) is 4.95. The van der Waals surface area contributed by atoms with E-state index in [0.29, 0.717) is 37.6 Å². The predicted octanol–water partition coefficient (Wildman–Crippen LogP) is 5.67. The molecule has 0 spiro atoms. The number of H-pyrrole nitrogens is 1. The Labute approximate surface area is 249 Å². The fraction of sp³-hybridized carbons (Fsp3) is 0.143. The lowest BCUT2D eigenvalue weighted by atomic mass is 9.82. The molecular formula is C28H19BrClN3O5S2. The topological polar surface area (TPSA) is 109 Å². The van der Waals surface area contributed by atoms with Gasteiger partial charge < -0.3 is 15.0 Å². The van der Waals surface area contributed by atoms with Crippen molar-refractivity contribution >= 4 is 79.7 Å². The van der Waals surface area contributed by atoms with Crippen LogP contribution in [0.3, 0.4) is 0 Å². The number of nitrogens with zero attached hydrogens (tertiary/aromatic N) is 1. The number of anilines is 2. The van der Waals surface area contributed by atoms with Crippen molar-refractivity contribution in [3.63, 3.8) is 0 Å². The van der Waals surface area contributed by atoms with E-state index < -0.39 is 17.1 Å². The van der Waals surface area contributed by atoms with Gasteiger partial charge in [-0.25, -0.2) is 4.90 Å². The number of hydrogen-bond donors (Lipinski definition) is 2. The van der Waals surface area contributed by atoms with Crippen LogP contribution in [0.5, 0.6) is 5.75 Å². The Morgan fingerprint density at radius 3 is 2.52 bits per heavy atom. The summed E-state index contributed by atoms with van der Waals surface area (Å²) in [6.45, 7) is -0.300. The van der Waals surface area contributed by atoms with Crippen LogP contribution in [0.4, 0.5) is 11.4 Å². The van der Waals surface area contributed by atoms with Gasteiger partial charge in [-0.2, -0.15) is 0 Å². The number of benzene rings is 3. The highest BCUT2D eigenvalue weighted by molar-refractivity contribution is 9.10. The van der Waals surface area contributed by atoms with Crippen LogP contribution in [-0.4, -0.2) is 34.6 Å². The Morgan fingerprint density at radius 2 is 1.77 bits per heavy atom. The average Bonchev–Trinajstić information content (AvgIpc) is 3.43. The Bertz CT molecular complexity index is 1690. The zero-order chi connectivity index (χ0) is 28.0. The van der Waals surface area contributed by atoms with Crippen LogP contribution >= 0.6 is 50.6 Å². The molecule has 12 heteroatoms. The molecule has 3 atom stereocenters. The number of nitrogens with one attached hydrogen (secondary N) is 2. The third kappa shape index (κ3) is 4.98. The highest BCUT2D eigenvalue weighted by atomic mass is 79.9. The molecule has 4 aromatic rings. The minimum absolute atomic E-state index is 0.276. The van der Waals surface area contributed by atoms with E-state index in [-0.39, 0.29) is 29.2 Å². The number of aromatic nitrogens is 1. The van der Waals surface area contributed by atoms with Gasteiger partial charge >= 0.3 is 4.87 Å². The van der Waals surface area contributed by atoms with E-state index in [1.165, 1.54) is 16.7 Å². The maximum atomic E-state index is 13.9. The van der Waals surface area contributed by atoms with E-state index in [1.54, 1.807) is 66.7 Å². The summed E-state index contributed by atoms with van der Waals surface area (Å²) in [5, 5.41) is 3.13. The van der Waals surface area contributed by atoms with Crippen molar-refractivity contribution in [3.8, 4) is 5.75 Å². The summed E-state index contributed by atoms with van der Waals surface area (Å²) < 4.78 is 6.71. The van der Waals surface area contributed by atoms with Gasteiger partial charge in [0.05, 0.1) is 16.6 Å². The van der Waals surface area contributed by atoms with Crippen LogP contribution in [0.1, 0.15) is 16.4 Å². The number of hydrogen-bond acceptors (Lipinski definition) is 7. The summed E-state index contributed by atoms with van der Waals surface area (Å²) in [5.74, 6) is -2.14. The minimum Gasteiger partial charge on any atom is -0.483 e. The van der Waals surface area contributed by atoms with E-state index >= 15 is 0 Å². The maximum Gasteiger partial charge on any atom is 0.305 e. The lowest BCUT2D eigenvalue weighted by molar-refractivity contribution is -0.122. The minimum atomic E-state index is -0.781. The van der Waals surface area contributed by atoms with Gasteiger partial charge in [-0.1, -0.05) is 68.8 Å². The number of ether oxygens (including phenoxy) is 1. The van der Waals surface area contributed by atoms with Crippen LogP contribution in [0.15, 0.2) is 87.1 Å². The van der Waals surface area contributed by atoms with Crippen LogP contribution in [-0.2, 0) is 14.4 Å². The second kappa shape index (κ2) is 10.9. The van der Waals surface area contributed by atoms with Crippen LogP contribution < -0.4 is 19.8 Å². The van der Waals surface area contributed by atoms with Gasteiger partial charge in [-0.15, -0.1) is 0 Å². The third-order valence-corrected chi connectivity index (χ3v) is 9.78. The molecule has 2 unspecified atom stereocenters. The molecule has 2 aliphatic heterocycles. The highest BCUT2D eigenvalue weighted by Crippen LogP contribution is 2.54. The Balaban J connectivity index is 1.36. The summed E-state index contributed by atoms with van der Waals surface area (Å²) in [7, 11) is 0. The summed E-state index contributed by atoms with van der Waals surface area (Å²) in [6, 6.07) is 20.8. The number of imide groups is 1. The lowest BCUT2D eigenvalue weighted by Gasteiger charge is -2.31. The van der Waals surface area contributed by atoms with Crippen molar-refractivity contribution < 1.29 is 19.1 Å². The molecule has 1 saturated heterocycles. The zero-order valence-electron chi connectivity index (χ0n) is 20.4. The van der Waals surface area contributed by atoms with Gasteiger partial charge in [0, 0.05) is 31.5 Å². The van der Waals surface area contributed by atoms with E-state index in [9.17, 15) is 19.2 Å². The summed E-state index contributed by atoms with van der Waals surface area (Å²) >= 11 is 11.6. The summed E-state index contributed by atoms with van der Waals surface area (Å²) in [5.41, 5.74) is 1.66.